The predicted octanol–water partition coefficient (Wildman–Crippen LogP) is 1.47. The molecule has 3 rings (SSSR count). The lowest BCUT2D eigenvalue weighted by atomic mass is 9.68. The van der Waals surface area contributed by atoms with Gasteiger partial charge in [-0.3, -0.25) is 0 Å². The lowest BCUT2D eigenvalue weighted by molar-refractivity contribution is -0.124. The molecular formula is C19H28O6. The molecule has 2 aliphatic rings. The third-order valence-electron chi connectivity index (χ3n) is 6.18. The second-order valence-corrected chi connectivity index (χ2v) is 7.41. The number of methoxy groups -OCH3 is 2. The van der Waals surface area contributed by atoms with Crippen LogP contribution in [0.4, 0.5) is 0 Å². The van der Waals surface area contributed by atoms with Crippen LogP contribution in [0.3, 0.4) is 0 Å². The van der Waals surface area contributed by atoms with Crippen LogP contribution in [-0.2, 0) is 9.47 Å². The van der Waals surface area contributed by atoms with E-state index in [4.69, 9.17) is 9.47 Å². The van der Waals surface area contributed by atoms with Crippen LogP contribution in [0.2, 0.25) is 0 Å². The van der Waals surface area contributed by atoms with Crippen LogP contribution in [0.25, 0.3) is 0 Å². The first-order chi connectivity index (χ1) is 12.0. The Kier molecular flexibility index (Phi) is 5.53. The molecule has 0 unspecified atom stereocenters. The van der Waals surface area contributed by atoms with Gasteiger partial charge in [-0.2, -0.15) is 0 Å². The second kappa shape index (κ2) is 7.50. The Bertz CT molecular complexity index is 591. The van der Waals surface area contributed by atoms with E-state index in [-0.39, 0.29) is 53.8 Å². The Labute approximate surface area is 148 Å². The maximum atomic E-state index is 10.9. The van der Waals surface area contributed by atoms with Gasteiger partial charge in [-0.05, 0) is 48.1 Å². The van der Waals surface area contributed by atoms with E-state index < -0.39 is 6.10 Å². The van der Waals surface area contributed by atoms with Gasteiger partial charge in [0.25, 0.3) is 0 Å². The Morgan fingerprint density at radius 1 is 1.20 bits per heavy atom. The van der Waals surface area contributed by atoms with Crippen molar-refractivity contribution in [2.24, 2.45) is 23.7 Å². The van der Waals surface area contributed by atoms with Crippen LogP contribution in [0, 0.1) is 23.7 Å². The molecule has 0 aliphatic heterocycles. The van der Waals surface area contributed by atoms with Gasteiger partial charge >= 0.3 is 0 Å². The minimum atomic E-state index is -0.676. The highest BCUT2D eigenvalue weighted by molar-refractivity contribution is 5.42. The average molecular weight is 352 g/mol. The highest BCUT2D eigenvalue weighted by atomic mass is 16.5. The Hall–Kier alpha value is -1.34. The molecule has 25 heavy (non-hydrogen) atoms. The standard InChI is InChI=1S/C19H28O6/c1-24-9-11(8-20)17-15-6-10(19(25-2)18(17)23)5-14(15)13-4-3-12(21)7-16(13)22/h3-4,7,10-11,14-15,17-23H,5-6,8-9H2,1-2H3/t10-,11-,14-,15-,17+,18+,19+/m0/s1. The molecule has 0 spiro atoms. The summed E-state index contributed by atoms with van der Waals surface area (Å²) in [5.74, 6) is 0.121. The smallest absolute Gasteiger partial charge is 0.122 e. The largest absolute Gasteiger partial charge is 0.508 e. The summed E-state index contributed by atoms with van der Waals surface area (Å²) in [6, 6.07) is 4.69. The third kappa shape index (κ3) is 3.24. The minimum Gasteiger partial charge on any atom is -0.508 e. The van der Waals surface area contributed by atoms with E-state index >= 15 is 0 Å². The monoisotopic (exact) mass is 352 g/mol. The van der Waals surface area contributed by atoms with Crippen molar-refractivity contribution in [1.29, 1.82) is 0 Å². The van der Waals surface area contributed by atoms with Gasteiger partial charge in [0, 0.05) is 32.8 Å². The molecule has 0 saturated heterocycles. The lowest BCUT2D eigenvalue weighted by Crippen LogP contribution is -2.49. The molecule has 4 N–H and O–H groups in total. The van der Waals surface area contributed by atoms with E-state index in [1.807, 2.05) is 0 Å². The quantitative estimate of drug-likeness (QED) is 0.619. The van der Waals surface area contributed by atoms with Crippen LogP contribution in [-0.4, -0.2) is 60.1 Å². The summed E-state index contributed by atoms with van der Waals surface area (Å²) in [5, 5.41) is 40.7. The highest BCUT2D eigenvalue weighted by Gasteiger charge is 2.54. The molecular weight excluding hydrogens is 324 g/mol. The molecule has 2 bridgehead atoms. The topological polar surface area (TPSA) is 99.4 Å². The number of aliphatic hydroxyl groups is 2. The molecule has 0 aromatic heterocycles. The number of ether oxygens (including phenoxy) is 2. The van der Waals surface area contributed by atoms with E-state index in [1.54, 1.807) is 26.4 Å². The van der Waals surface area contributed by atoms with Gasteiger partial charge in [-0.15, -0.1) is 0 Å². The van der Waals surface area contributed by atoms with E-state index in [0.29, 0.717) is 6.61 Å². The summed E-state index contributed by atoms with van der Waals surface area (Å²) in [7, 11) is 3.20. The van der Waals surface area contributed by atoms with E-state index in [0.717, 1.165) is 18.4 Å². The fourth-order valence-electron chi connectivity index (χ4n) is 5.22. The van der Waals surface area contributed by atoms with Gasteiger partial charge in [-0.25, -0.2) is 0 Å². The number of phenols is 2. The molecule has 0 amide bonds. The van der Waals surface area contributed by atoms with Crippen molar-refractivity contribution in [3.8, 4) is 11.5 Å². The van der Waals surface area contributed by atoms with Crippen molar-refractivity contribution in [3.63, 3.8) is 0 Å². The van der Waals surface area contributed by atoms with E-state index in [9.17, 15) is 20.4 Å². The molecule has 2 aliphatic carbocycles. The number of phenolic OH excluding ortho intramolecular Hbond substituents is 2. The number of hydrogen-bond donors (Lipinski definition) is 4. The van der Waals surface area contributed by atoms with Crippen LogP contribution >= 0.6 is 0 Å². The first kappa shape index (κ1) is 18.5. The number of fused-ring (bicyclic) bond motifs is 2. The van der Waals surface area contributed by atoms with Gasteiger partial charge in [0.05, 0.1) is 18.8 Å². The van der Waals surface area contributed by atoms with Crippen molar-refractivity contribution < 1.29 is 29.9 Å². The maximum absolute atomic E-state index is 10.9. The molecule has 0 radical (unpaired) electrons. The molecule has 6 nitrogen and oxygen atoms in total. The van der Waals surface area contributed by atoms with Gasteiger partial charge in [0.1, 0.15) is 11.5 Å². The van der Waals surface area contributed by atoms with Crippen molar-refractivity contribution >= 4 is 0 Å². The molecule has 140 valence electrons. The number of aromatic hydroxyl groups is 2. The zero-order chi connectivity index (χ0) is 18.1. The summed E-state index contributed by atoms with van der Waals surface area (Å²) in [6.07, 6.45) is 0.729. The molecule has 1 aromatic rings. The first-order valence-electron chi connectivity index (χ1n) is 8.84. The van der Waals surface area contributed by atoms with E-state index in [2.05, 4.69) is 0 Å². The normalized spacial score (nSPS) is 35.7. The molecule has 2 fully saturated rings. The number of rotatable bonds is 6. The Balaban J connectivity index is 1.97. The number of benzene rings is 1. The molecule has 1 aromatic carbocycles. The minimum absolute atomic E-state index is 0.0289. The van der Waals surface area contributed by atoms with Gasteiger partial charge in [0.2, 0.25) is 0 Å². The summed E-state index contributed by atoms with van der Waals surface area (Å²) in [6.45, 7) is 0.297. The predicted molar refractivity (Wildman–Crippen MR) is 91.5 cm³/mol. The summed E-state index contributed by atoms with van der Waals surface area (Å²) in [5.41, 5.74) is 0.786. The van der Waals surface area contributed by atoms with E-state index in [1.165, 1.54) is 6.07 Å². The van der Waals surface area contributed by atoms with Crippen LogP contribution in [0.15, 0.2) is 18.2 Å². The van der Waals surface area contributed by atoms with Crippen molar-refractivity contribution in [1.82, 2.24) is 0 Å². The van der Waals surface area contributed by atoms with Gasteiger partial charge in [-0.1, -0.05) is 6.07 Å². The van der Waals surface area contributed by atoms with Crippen molar-refractivity contribution in [2.75, 3.05) is 27.4 Å². The summed E-state index contributed by atoms with van der Waals surface area (Å²) < 4.78 is 10.9. The lowest BCUT2D eigenvalue weighted by Gasteiger charge is -2.43. The Morgan fingerprint density at radius 2 is 1.96 bits per heavy atom. The second-order valence-electron chi connectivity index (χ2n) is 7.41. The summed E-state index contributed by atoms with van der Waals surface area (Å²) in [4.78, 5) is 0. The van der Waals surface area contributed by atoms with Crippen LogP contribution in [0.5, 0.6) is 11.5 Å². The van der Waals surface area contributed by atoms with Gasteiger partial charge in [0.15, 0.2) is 0 Å². The van der Waals surface area contributed by atoms with Crippen LogP contribution < -0.4 is 0 Å². The summed E-state index contributed by atoms with van der Waals surface area (Å²) >= 11 is 0. The van der Waals surface area contributed by atoms with Gasteiger partial charge < -0.3 is 29.9 Å². The first-order valence-corrected chi connectivity index (χ1v) is 8.84. The molecule has 6 heteroatoms. The Morgan fingerprint density at radius 3 is 2.56 bits per heavy atom. The third-order valence-corrected chi connectivity index (χ3v) is 6.18. The fraction of sp³-hybridized carbons (Fsp3) is 0.684. The van der Waals surface area contributed by atoms with Crippen molar-refractivity contribution in [2.45, 2.75) is 31.0 Å². The van der Waals surface area contributed by atoms with Crippen LogP contribution in [0.1, 0.15) is 24.3 Å². The maximum Gasteiger partial charge on any atom is 0.122 e. The number of hydrogen-bond acceptors (Lipinski definition) is 6. The van der Waals surface area contributed by atoms with Crippen molar-refractivity contribution in [3.05, 3.63) is 23.8 Å². The zero-order valence-electron chi connectivity index (χ0n) is 14.7. The molecule has 2 saturated carbocycles. The average Bonchev–Trinajstić information content (AvgIpc) is 2.94. The number of aliphatic hydroxyl groups excluding tert-OH is 2. The SMILES string of the molecule is COC[C@H](CO)[C@H]1[C@@H](O)[C@H](OC)[C@@H]2C[C@H]1[C@H](c1ccc(O)cc1O)C2. The zero-order valence-corrected chi connectivity index (χ0v) is 14.7. The molecule has 7 atom stereocenters. The highest BCUT2D eigenvalue weighted by Crippen LogP contribution is 2.57. The molecule has 0 heterocycles. The fourth-order valence-corrected chi connectivity index (χ4v) is 5.22.